The Labute approximate surface area is 155 Å². The first-order valence-corrected chi connectivity index (χ1v) is 9.30. The topological polar surface area (TPSA) is 72.3 Å². The molecule has 3 rings (SSSR count). The Hall–Kier alpha value is -2.63. The predicted molar refractivity (Wildman–Crippen MR) is 108 cm³/mol. The van der Waals surface area contributed by atoms with E-state index in [1.807, 2.05) is 37.5 Å². The van der Waals surface area contributed by atoms with Crippen molar-refractivity contribution in [1.29, 1.82) is 0 Å². The molecular formula is C20H28N6. The average molecular weight is 352 g/mol. The molecule has 3 aromatic heterocycles. The molecule has 0 atom stereocenters. The lowest BCUT2D eigenvalue weighted by molar-refractivity contribution is 0.713. The van der Waals surface area contributed by atoms with Gasteiger partial charge in [0.25, 0.3) is 0 Å². The van der Waals surface area contributed by atoms with E-state index in [-0.39, 0.29) is 0 Å². The Bertz CT molecular complexity index is 922. The maximum Gasteiger partial charge on any atom is 0.167 e. The normalized spacial score (nSPS) is 11.3. The van der Waals surface area contributed by atoms with Gasteiger partial charge in [-0.1, -0.05) is 13.8 Å². The van der Waals surface area contributed by atoms with Crippen LogP contribution < -0.4 is 10.6 Å². The minimum absolute atomic E-state index is 0.659. The number of fused-ring (bicyclic) bond motifs is 1. The second-order valence-electron chi connectivity index (χ2n) is 6.89. The maximum absolute atomic E-state index is 6.27. The van der Waals surface area contributed by atoms with Crippen molar-refractivity contribution in [1.82, 2.24) is 19.6 Å². The van der Waals surface area contributed by atoms with Crippen molar-refractivity contribution in [3.8, 4) is 11.3 Å². The van der Waals surface area contributed by atoms with E-state index in [4.69, 9.17) is 15.8 Å². The molecule has 3 heterocycles. The molecule has 6 nitrogen and oxygen atoms in total. The third-order valence-electron chi connectivity index (χ3n) is 4.48. The summed E-state index contributed by atoms with van der Waals surface area (Å²) < 4.78 is 1.95. The number of anilines is 2. The van der Waals surface area contributed by atoms with E-state index in [2.05, 4.69) is 29.8 Å². The summed E-state index contributed by atoms with van der Waals surface area (Å²) in [7, 11) is 0. The van der Waals surface area contributed by atoms with Crippen LogP contribution in [0.1, 0.15) is 43.6 Å². The zero-order valence-electron chi connectivity index (χ0n) is 16.4. The zero-order valence-corrected chi connectivity index (χ0v) is 16.4. The van der Waals surface area contributed by atoms with E-state index in [1.165, 1.54) is 0 Å². The van der Waals surface area contributed by atoms with Crippen molar-refractivity contribution in [3.63, 3.8) is 0 Å². The number of nitrogens with two attached hydrogens (primary N) is 1. The fraction of sp³-hybridized carbons (Fsp3) is 0.450. The van der Waals surface area contributed by atoms with Gasteiger partial charge in [0.1, 0.15) is 5.82 Å². The maximum atomic E-state index is 6.27. The lowest BCUT2D eigenvalue weighted by atomic mass is 10.1. The smallest absolute Gasteiger partial charge is 0.167 e. The first-order valence-electron chi connectivity index (χ1n) is 9.30. The first-order chi connectivity index (χ1) is 12.5. The van der Waals surface area contributed by atoms with Crippen LogP contribution >= 0.6 is 0 Å². The summed E-state index contributed by atoms with van der Waals surface area (Å²) in [5.41, 5.74) is 12.3. The van der Waals surface area contributed by atoms with Crippen LogP contribution in [0, 0.1) is 20.8 Å². The molecule has 0 fully saturated rings. The van der Waals surface area contributed by atoms with Crippen molar-refractivity contribution in [2.24, 2.45) is 0 Å². The fourth-order valence-corrected chi connectivity index (χ4v) is 3.41. The Morgan fingerprint density at radius 1 is 1.08 bits per heavy atom. The van der Waals surface area contributed by atoms with Gasteiger partial charge in [0.15, 0.2) is 5.65 Å². The van der Waals surface area contributed by atoms with Crippen molar-refractivity contribution < 1.29 is 0 Å². The van der Waals surface area contributed by atoms with Crippen LogP contribution in [-0.2, 0) is 0 Å². The van der Waals surface area contributed by atoms with E-state index in [0.717, 1.165) is 65.6 Å². The van der Waals surface area contributed by atoms with Gasteiger partial charge in [0, 0.05) is 31.0 Å². The lowest BCUT2D eigenvalue weighted by Gasteiger charge is -2.24. The van der Waals surface area contributed by atoms with E-state index in [9.17, 15) is 0 Å². The summed E-state index contributed by atoms with van der Waals surface area (Å²) in [6.45, 7) is 12.4. The molecule has 0 saturated heterocycles. The lowest BCUT2D eigenvalue weighted by Crippen LogP contribution is -2.27. The van der Waals surface area contributed by atoms with Crippen molar-refractivity contribution in [2.75, 3.05) is 23.7 Å². The Balaban J connectivity index is 2.26. The second kappa shape index (κ2) is 7.32. The molecule has 0 unspecified atom stereocenters. The molecular weight excluding hydrogens is 324 g/mol. The van der Waals surface area contributed by atoms with Crippen LogP contribution in [0.2, 0.25) is 0 Å². The molecule has 0 aliphatic carbocycles. The molecule has 0 aliphatic rings. The zero-order chi connectivity index (χ0) is 18.8. The van der Waals surface area contributed by atoms with Gasteiger partial charge in [0.2, 0.25) is 0 Å². The van der Waals surface area contributed by atoms with Crippen LogP contribution in [0.25, 0.3) is 16.9 Å². The number of hydrogen-bond acceptors (Lipinski definition) is 5. The number of nitrogens with zero attached hydrogens (tertiary/aromatic N) is 5. The largest absolute Gasteiger partial charge is 0.397 e. The Morgan fingerprint density at radius 2 is 1.77 bits per heavy atom. The van der Waals surface area contributed by atoms with Crippen LogP contribution in [-0.4, -0.2) is 32.7 Å². The average Bonchev–Trinajstić information content (AvgIpc) is 2.90. The number of aromatic nitrogens is 4. The summed E-state index contributed by atoms with van der Waals surface area (Å²) in [5, 5.41) is 4.80. The van der Waals surface area contributed by atoms with Crippen molar-refractivity contribution >= 4 is 17.2 Å². The van der Waals surface area contributed by atoms with Gasteiger partial charge < -0.3 is 10.6 Å². The molecule has 0 radical (unpaired) electrons. The Morgan fingerprint density at radius 3 is 2.38 bits per heavy atom. The highest BCUT2D eigenvalue weighted by Gasteiger charge is 2.20. The van der Waals surface area contributed by atoms with Crippen molar-refractivity contribution in [3.05, 3.63) is 35.3 Å². The van der Waals surface area contributed by atoms with Crippen LogP contribution in [0.4, 0.5) is 11.5 Å². The molecule has 2 N–H and O–H groups in total. The molecule has 0 amide bonds. The highest BCUT2D eigenvalue weighted by atomic mass is 15.4. The molecule has 26 heavy (non-hydrogen) atoms. The molecule has 6 heteroatoms. The van der Waals surface area contributed by atoms with Crippen LogP contribution in [0.3, 0.4) is 0 Å². The summed E-state index contributed by atoms with van der Waals surface area (Å²) >= 11 is 0. The van der Waals surface area contributed by atoms with E-state index < -0.39 is 0 Å². The molecule has 0 saturated carbocycles. The van der Waals surface area contributed by atoms with Gasteiger partial charge in [0.05, 0.1) is 22.6 Å². The molecule has 0 bridgehead atoms. The molecule has 0 spiro atoms. The van der Waals surface area contributed by atoms with Crippen LogP contribution in [0.15, 0.2) is 18.3 Å². The molecule has 3 aromatic rings. The van der Waals surface area contributed by atoms with Crippen LogP contribution in [0.5, 0.6) is 0 Å². The minimum Gasteiger partial charge on any atom is -0.397 e. The van der Waals surface area contributed by atoms with Gasteiger partial charge in [-0.3, -0.25) is 4.98 Å². The third kappa shape index (κ3) is 3.23. The quantitative estimate of drug-likeness (QED) is 0.728. The van der Waals surface area contributed by atoms with Gasteiger partial charge in [-0.15, -0.1) is 0 Å². The van der Waals surface area contributed by atoms with E-state index in [1.54, 1.807) is 0 Å². The molecule has 0 aromatic carbocycles. The minimum atomic E-state index is 0.659. The van der Waals surface area contributed by atoms with Gasteiger partial charge >= 0.3 is 0 Å². The standard InChI is InChI=1S/C20H28N6/c1-6-8-25(9-7-2)17-11-14(4)23-20-18(15(5)24-26(17)20)19-16(21)10-13(3)12-22-19/h10-12H,6-9,21H2,1-5H3. The van der Waals surface area contributed by atoms with Crippen molar-refractivity contribution in [2.45, 2.75) is 47.5 Å². The third-order valence-corrected chi connectivity index (χ3v) is 4.48. The monoisotopic (exact) mass is 352 g/mol. The fourth-order valence-electron chi connectivity index (χ4n) is 3.41. The summed E-state index contributed by atoms with van der Waals surface area (Å²) in [5.74, 6) is 1.08. The first kappa shape index (κ1) is 18.2. The van der Waals surface area contributed by atoms with Gasteiger partial charge in [-0.25, -0.2) is 4.98 Å². The number of rotatable bonds is 6. The summed E-state index contributed by atoms with van der Waals surface area (Å²) in [6, 6.07) is 4.06. The predicted octanol–water partition coefficient (Wildman–Crippen LogP) is 3.93. The van der Waals surface area contributed by atoms with Gasteiger partial charge in [-0.05, 0) is 45.2 Å². The summed E-state index contributed by atoms with van der Waals surface area (Å²) in [4.78, 5) is 11.7. The highest BCUT2D eigenvalue weighted by molar-refractivity contribution is 5.85. The number of nitrogen functional groups attached to an aromatic ring is 1. The SMILES string of the molecule is CCCN(CCC)c1cc(C)nc2c(-c3ncc(C)cc3N)c(C)nn12. The molecule has 0 aliphatic heterocycles. The van der Waals surface area contributed by atoms with E-state index in [0.29, 0.717) is 5.69 Å². The molecule has 138 valence electrons. The van der Waals surface area contributed by atoms with E-state index >= 15 is 0 Å². The van der Waals surface area contributed by atoms with Gasteiger partial charge in [-0.2, -0.15) is 9.61 Å². The highest BCUT2D eigenvalue weighted by Crippen LogP contribution is 2.32. The number of hydrogen-bond donors (Lipinski definition) is 1. The summed E-state index contributed by atoms with van der Waals surface area (Å²) in [6.07, 6.45) is 4.01. The Kier molecular flexibility index (Phi) is 5.11. The number of pyridine rings is 1. The second-order valence-corrected chi connectivity index (χ2v) is 6.89. The number of aryl methyl sites for hydroxylation is 3.